The molecule has 8 aromatic rings. The van der Waals surface area contributed by atoms with Crippen LogP contribution in [0.15, 0.2) is 188 Å². The SMILES string of the molecule is CC(c1ccc(-c2ccc(N(c3cccc(-c4ccccc4)c3)c3ccc4ccccc4c3)cc2)cc1)c1ccc2ccccc2c1. The second-order valence-electron chi connectivity index (χ2n) is 12.3. The van der Waals surface area contributed by atoms with Gasteiger partial charge >= 0.3 is 0 Å². The van der Waals surface area contributed by atoms with Crippen LogP contribution < -0.4 is 4.90 Å². The predicted octanol–water partition coefficient (Wildman–Crippen LogP) is 12.9. The lowest BCUT2D eigenvalue weighted by Gasteiger charge is -2.26. The molecular weight excluding hydrogens is 567 g/mol. The lowest BCUT2D eigenvalue weighted by atomic mass is 9.90. The molecule has 0 heterocycles. The van der Waals surface area contributed by atoms with Gasteiger partial charge in [-0.15, -0.1) is 0 Å². The molecule has 0 fully saturated rings. The van der Waals surface area contributed by atoms with E-state index in [-0.39, 0.29) is 0 Å². The Kier molecular flexibility index (Phi) is 7.57. The number of rotatable bonds is 7. The molecule has 1 heteroatoms. The zero-order valence-corrected chi connectivity index (χ0v) is 26.4. The molecule has 0 saturated carbocycles. The summed E-state index contributed by atoms with van der Waals surface area (Å²) in [6.07, 6.45) is 0. The van der Waals surface area contributed by atoms with E-state index in [9.17, 15) is 0 Å². The van der Waals surface area contributed by atoms with Crippen molar-refractivity contribution in [3.05, 3.63) is 199 Å². The van der Waals surface area contributed by atoms with Gasteiger partial charge in [0, 0.05) is 23.0 Å². The smallest absolute Gasteiger partial charge is 0.0468 e. The van der Waals surface area contributed by atoms with Crippen molar-refractivity contribution in [2.24, 2.45) is 0 Å². The van der Waals surface area contributed by atoms with Crippen molar-refractivity contribution < 1.29 is 0 Å². The summed E-state index contributed by atoms with van der Waals surface area (Å²) in [5.41, 5.74) is 10.9. The molecule has 0 bridgehead atoms. The molecule has 0 aliphatic heterocycles. The van der Waals surface area contributed by atoms with Crippen molar-refractivity contribution in [1.82, 2.24) is 0 Å². The molecule has 0 radical (unpaired) electrons. The average Bonchev–Trinajstić information content (AvgIpc) is 3.15. The van der Waals surface area contributed by atoms with Crippen molar-refractivity contribution in [2.75, 3.05) is 4.90 Å². The highest BCUT2D eigenvalue weighted by atomic mass is 15.1. The molecule has 0 N–H and O–H groups in total. The topological polar surface area (TPSA) is 3.24 Å². The van der Waals surface area contributed by atoms with Crippen LogP contribution in [0.3, 0.4) is 0 Å². The van der Waals surface area contributed by atoms with Crippen molar-refractivity contribution in [3.63, 3.8) is 0 Å². The monoisotopic (exact) mass is 601 g/mol. The van der Waals surface area contributed by atoms with E-state index in [0.29, 0.717) is 5.92 Å². The number of nitrogens with zero attached hydrogens (tertiary/aromatic N) is 1. The Morgan fingerprint density at radius 2 is 0.809 bits per heavy atom. The van der Waals surface area contributed by atoms with Gasteiger partial charge in [-0.2, -0.15) is 0 Å². The summed E-state index contributed by atoms with van der Waals surface area (Å²) in [6.45, 7) is 2.29. The summed E-state index contributed by atoms with van der Waals surface area (Å²) in [4.78, 5) is 2.36. The Labute approximate surface area is 277 Å². The van der Waals surface area contributed by atoms with E-state index in [4.69, 9.17) is 0 Å². The van der Waals surface area contributed by atoms with E-state index < -0.39 is 0 Å². The maximum absolute atomic E-state index is 2.36. The highest BCUT2D eigenvalue weighted by Crippen LogP contribution is 2.39. The fourth-order valence-corrected chi connectivity index (χ4v) is 6.65. The second-order valence-corrected chi connectivity index (χ2v) is 12.3. The van der Waals surface area contributed by atoms with Gasteiger partial charge in [-0.05, 0) is 91.3 Å². The number of hydrogen-bond acceptors (Lipinski definition) is 1. The Balaban J connectivity index is 1.12. The van der Waals surface area contributed by atoms with Crippen LogP contribution in [-0.2, 0) is 0 Å². The van der Waals surface area contributed by atoms with Crippen LogP contribution in [0.4, 0.5) is 17.1 Å². The average molecular weight is 602 g/mol. The quantitative estimate of drug-likeness (QED) is 0.176. The summed E-state index contributed by atoms with van der Waals surface area (Å²) in [6, 6.07) is 68.1. The van der Waals surface area contributed by atoms with Crippen LogP contribution in [-0.4, -0.2) is 0 Å². The fraction of sp³-hybridized carbons (Fsp3) is 0.0435. The van der Waals surface area contributed by atoms with Gasteiger partial charge < -0.3 is 4.90 Å². The van der Waals surface area contributed by atoms with Gasteiger partial charge in [-0.3, -0.25) is 0 Å². The minimum Gasteiger partial charge on any atom is -0.310 e. The van der Waals surface area contributed by atoms with Gasteiger partial charge in [0.05, 0.1) is 0 Å². The normalized spacial score (nSPS) is 11.9. The highest BCUT2D eigenvalue weighted by molar-refractivity contribution is 5.90. The summed E-state index contributed by atoms with van der Waals surface area (Å²) < 4.78 is 0. The molecule has 1 unspecified atom stereocenters. The van der Waals surface area contributed by atoms with E-state index in [2.05, 4.69) is 200 Å². The molecule has 224 valence electrons. The van der Waals surface area contributed by atoms with Crippen LogP contribution in [0.25, 0.3) is 43.8 Å². The van der Waals surface area contributed by atoms with Crippen LogP contribution in [0.1, 0.15) is 24.0 Å². The van der Waals surface area contributed by atoms with Gasteiger partial charge in [-0.1, -0.05) is 159 Å². The fourth-order valence-electron chi connectivity index (χ4n) is 6.65. The van der Waals surface area contributed by atoms with Crippen LogP contribution in [0, 0.1) is 0 Å². The first-order valence-electron chi connectivity index (χ1n) is 16.3. The van der Waals surface area contributed by atoms with Crippen molar-refractivity contribution >= 4 is 38.6 Å². The van der Waals surface area contributed by atoms with Crippen LogP contribution in [0.5, 0.6) is 0 Å². The molecule has 0 amide bonds. The third kappa shape index (κ3) is 5.80. The minimum atomic E-state index is 0.318. The van der Waals surface area contributed by atoms with Crippen molar-refractivity contribution in [3.8, 4) is 22.3 Å². The van der Waals surface area contributed by atoms with E-state index in [0.717, 1.165) is 17.1 Å². The Bertz CT molecular complexity index is 2300. The molecule has 47 heavy (non-hydrogen) atoms. The first kappa shape index (κ1) is 28.5. The van der Waals surface area contributed by atoms with Gasteiger partial charge in [0.1, 0.15) is 0 Å². The van der Waals surface area contributed by atoms with E-state index in [1.54, 1.807) is 0 Å². The summed E-state index contributed by atoms with van der Waals surface area (Å²) in [5.74, 6) is 0.318. The Hall–Kier alpha value is -5.92. The zero-order valence-electron chi connectivity index (χ0n) is 26.4. The third-order valence-electron chi connectivity index (χ3n) is 9.35. The standard InChI is InChI=1S/C46H35N/c1-33(40-23-22-36-12-5-7-14-41(36)30-40)34-18-20-38(21-19-34)39-24-27-44(28-25-39)47(46-29-26-37-13-6-8-15-42(37)32-46)45-17-9-16-43(31-45)35-10-3-2-4-11-35/h2-33H,1H3. The molecule has 0 aromatic heterocycles. The molecule has 1 nitrogen and oxygen atoms in total. The molecule has 0 aliphatic carbocycles. The molecular formula is C46H35N. The molecule has 1 atom stereocenters. The highest BCUT2D eigenvalue weighted by Gasteiger charge is 2.15. The number of hydrogen-bond donors (Lipinski definition) is 0. The first-order chi connectivity index (χ1) is 23.2. The first-order valence-corrected chi connectivity index (χ1v) is 16.3. The molecule has 0 aliphatic rings. The van der Waals surface area contributed by atoms with E-state index in [1.807, 2.05) is 0 Å². The summed E-state index contributed by atoms with van der Waals surface area (Å²) in [7, 11) is 0. The van der Waals surface area contributed by atoms with Gasteiger partial charge in [-0.25, -0.2) is 0 Å². The number of benzene rings is 8. The zero-order chi connectivity index (χ0) is 31.6. The van der Waals surface area contributed by atoms with Crippen LogP contribution >= 0.6 is 0 Å². The summed E-state index contributed by atoms with van der Waals surface area (Å²) >= 11 is 0. The molecule has 8 rings (SSSR count). The van der Waals surface area contributed by atoms with E-state index >= 15 is 0 Å². The van der Waals surface area contributed by atoms with Gasteiger partial charge in [0.15, 0.2) is 0 Å². The maximum atomic E-state index is 2.36. The van der Waals surface area contributed by atoms with Gasteiger partial charge in [0.25, 0.3) is 0 Å². The van der Waals surface area contributed by atoms with E-state index in [1.165, 1.54) is 54.9 Å². The Morgan fingerprint density at radius 3 is 1.51 bits per heavy atom. The molecule has 8 aromatic carbocycles. The predicted molar refractivity (Wildman–Crippen MR) is 201 cm³/mol. The second kappa shape index (κ2) is 12.5. The van der Waals surface area contributed by atoms with Gasteiger partial charge in [0.2, 0.25) is 0 Å². The van der Waals surface area contributed by atoms with Crippen molar-refractivity contribution in [1.29, 1.82) is 0 Å². The minimum absolute atomic E-state index is 0.318. The summed E-state index contributed by atoms with van der Waals surface area (Å²) in [5, 5.41) is 5.04. The largest absolute Gasteiger partial charge is 0.310 e. The molecule has 0 spiro atoms. The Morgan fingerprint density at radius 1 is 0.319 bits per heavy atom. The lowest BCUT2D eigenvalue weighted by molar-refractivity contribution is 0.925. The number of anilines is 3. The molecule has 0 saturated heterocycles. The third-order valence-corrected chi connectivity index (χ3v) is 9.35. The van der Waals surface area contributed by atoms with Crippen molar-refractivity contribution in [2.45, 2.75) is 12.8 Å². The number of fused-ring (bicyclic) bond motifs is 2. The van der Waals surface area contributed by atoms with Crippen LogP contribution in [0.2, 0.25) is 0 Å². The lowest BCUT2D eigenvalue weighted by Crippen LogP contribution is -2.10. The maximum Gasteiger partial charge on any atom is 0.0468 e.